The van der Waals surface area contributed by atoms with Gasteiger partial charge >= 0.3 is 0 Å². The normalized spacial score (nSPS) is 12.3. The molecule has 0 aliphatic carbocycles. The fourth-order valence-electron chi connectivity index (χ4n) is 3.04. The molecule has 0 aliphatic heterocycles. The summed E-state index contributed by atoms with van der Waals surface area (Å²) in [6.45, 7) is 1.74. The average Bonchev–Trinajstić information content (AvgIpc) is 2.68. The first-order chi connectivity index (χ1) is 12.7. The van der Waals surface area contributed by atoms with Crippen molar-refractivity contribution in [3.8, 4) is 0 Å². The van der Waals surface area contributed by atoms with E-state index in [0.29, 0.717) is 18.8 Å². The molecule has 1 aromatic heterocycles. The highest BCUT2D eigenvalue weighted by atomic mass is 16.3. The molecule has 0 saturated heterocycles. The van der Waals surface area contributed by atoms with E-state index in [2.05, 4.69) is 10.3 Å². The third kappa shape index (κ3) is 4.46. The van der Waals surface area contributed by atoms with Crippen LogP contribution in [-0.4, -0.2) is 28.6 Å². The summed E-state index contributed by atoms with van der Waals surface area (Å²) in [5.74, 6) is 0.591. The predicted molar refractivity (Wildman–Crippen MR) is 104 cm³/mol. The van der Waals surface area contributed by atoms with Crippen LogP contribution in [0.4, 0.5) is 0 Å². The van der Waals surface area contributed by atoms with E-state index in [1.807, 2.05) is 67.6 Å². The zero-order chi connectivity index (χ0) is 18.4. The van der Waals surface area contributed by atoms with Gasteiger partial charge in [0.1, 0.15) is 0 Å². The van der Waals surface area contributed by atoms with Crippen LogP contribution in [0.2, 0.25) is 0 Å². The molecule has 3 rings (SSSR count). The Bertz CT molecular complexity index is 859. The molecule has 0 aliphatic rings. The van der Waals surface area contributed by atoms with Gasteiger partial charge < -0.3 is 10.4 Å². The number of rotatable bonds is 7. The number of pyridine rings is 1. The van der Waals surface area contributed by atoms with Crippen molar-refractivity contribution in [2.45, 2.75) is 25.8 Å². The maximum atomic E-state index is 12.6. The topological polar surface area (TPSA) is 62.2 Å². The van der Waals surface area contributed by atoms with Gasteiger partial charge in [-0.3, -0.25) is 9.78 Å². The number of nitrogens with one attached hydrogen (secondary N) is 1. The average molecular weight is 347 g/mol. The number of para-hydroxylation sites is 1. The summed E-state index contributed by atoms with van der Waals surface area (Å²) in [7, 11) is 0. The first-order valence-electron chi connectivity index (χ1n) is 8.78. The molecule has 26 heavy (non-hydrogen) atoms. The van der Waals surface area contributed by atoms with Gasteiger partial charge in [0.15, 0.2) is 0 Å². The molecule has 0 saturated carbocycles. The lowest BCUT2D eigenvalue weighted by Crippen LogP contribution is -2.41. The Morgan fingerprint density at radius 2 is 1.81 bits per heavy atom. The monoisotopic (exact) mass is 347 g/mol. The summed E-state index contributed by atoms with van der Waals surface area (Å²) in [5.41, 5.74) is 3.09. The fourth-order valence-corrected chi connectivity index (χ4v) is 3.04. The zero-order valence-corrected chi connectivity index (χ0v) is 14.9. The van der Waals surface area contributed by atoms with Crippen molar-refractivity contribution < 1.29 is 9.90 Å². The highest BCUT2D eigenvalue weighted by Gasteiger charge is 2.19. The lowest BCUT2D eigenvalue weighted by molar-refractivity contribution is -0.120. The molecule has 1 amide bonds. The lowest BCUT2D eigenvalue weighted by Gasteiger charge is -2.19. The summed E-state index contributed by atoms with van der Waals surface area (Å²) < 4.78 is 0. The highest BCUT2D eigenvalue weighted by molar-refractivity contribution is 5.91. The van der Waals surface area contributed by atoms with Gasteiger partial charge in [0, 0.05) is 11.6 Å². The molecule has 1 radical (unpaired) electrons. The minimum absolute atomic E-state index is 0.0912. The first kappa shape index (κ1) is 18.1. The van der Waals surface area contributed by atoms with Crippen molar-refractivity contribution >= 4 is 16.8 Å². The van der Waals surface area contributed by atoms with Gasteiger partial charge in [-0.1, -0.05) is 48.5 Å². The zero-order valence-electron chi connectivity index (χ0n) is 14.9. The Morgan fingerprint density at radius 3 is 2.58 bits per heavy atom. The van der Waals surface area contributed by atoms with Crippen molar-refractivity contribution in [1.82, 2.24) is 10.3 Å². The molecule has 3 aromatic rings. The maximum absolute atomic E-state index is 12.6. The van der Waals surface area contributed by atoms with Crippen LogP contribution < -0.4 is 5.32 Å². The number of carbonyl (C=O) groups is 1. The number of aliphatic hydroxyl groups excluding tert-OH is 1. The highest BCUT2D eigenvalue weighted by Crippen LogP contribution is 2.20. The fraction of sp³-hybridized carbons (Fsp3) is 0.227. The van der Waals surface area contributed by atoms with Gasteiger partial charge in [-0.15, -0.1) is 0 Å². The van der Waals surface area contributed by atoms with Crippen molar-refractivity contribution in [3.05, 3.63) is 83.9 Å². The van der Waals surface area contributed by atoms with Crippen molar-refractivity contribution in [1.29, 1.82) is 0 Å². The Kier molecular flexibility index (Phi) is 5.97. The Labute approximate surface area is 153 Å². The Hall–Kier alpha value is -2.72. The standard InChI is InChI=1S/C22H23N2O2/c1-16(13-18-11-12-23-21-10-6-5-9-20(18)21)22(26)24-19(15-25)14-17-7-3-2-4-8-17/h2-12,19,25H,13-15H2,1H3,(H,24,26). The minimum Gasteiger partial charge on any atom is -0.394 e. The predicted octanol–water partition coefficient (Wildman–Crippen LogP) is 3.09. The summed E-state index contributed by atoms with van der Waals surface area (Å²) >= 11 is 0. The van der Waals surface area contributed by atoms with Crippen LogP contribution in [0.25, 0.3) is 10.9 Å². The van der Waals surface area contributed by atoms with E-state index in [-0.39, 0.29) is 18.6 Å². The molecular formula is C22H23N2O2. The second kappa shape index (κ2) is 8.59. The number of fused-ring (bicyclic) bond motifs is 1. The molecule has 1 heterocycles. The van der Waals surface area contributed by atoms with E-state index in [0.717, 1.165) is 22.0 Å². The summed E-state index contributed by atoms with van der Waals surface area (Å²) in [5, 5.41) is 13.6. The van der Waals surface area contributed by atoms with Crippen LogP contribution in [0.5, 0.6) is 0 Å². The summed E-state index contributed by atoms with van der Waals surface area (Å²) in [4.78, 5) is 16.9. The van der Waals surface area contributed by atoms with Crippen LogP contribution in [0.15, 0.2) is 66.9 Å². The van der Waals surface area contributed by atoms with Crippen LogP contribution >= 0.6 is 0 Å². The van der Waals surface area contributed by atoms with Gasteiger partial charge in [0.2, 0.25) is 5.91 Å². The van der Waals surface area contributed by atoms with Gasteiger partial charge in [0.25, 0.3) is 0 Å². The molecule has 1 unspecified atom stereocenters. The summed E-state index contributed by atoms with van der Waals surface area (Å²) in [6, 6.07) is 19.4. The molecule has 0 fully saturated rings. The second-order valence-electron chi connectivity index (χ2n) is 6.49. The number of amides is 1. The molecule has 1 atom stereocenters. The largest absolute Gasteiger partial charge is 0.394 e. The van der Waals surface area contributed by atoms with E-state index < -0.39 is 0 Å². The van der Waals surface area contributed by atoms with Crippen LogP contribution in [0.3, 0.4) is 0 Å². The van der Waals surface area contributed by atoms with Crippen molar-refractivity contribution in [2.75, 3.05) is 6.61 Å². The maximum Gasteiger partial charge on any atom is 0.227 e. The quantitative estimate of drug-likeness (QED) is 0.690. The van der Waals surface area contributed by atoms with Gasteiger partial charge in [0.05, 0.1) is 24.1 Å². The van der Waals surface area contributed by atoms with Crippen LogP contribution in [-0.2, 0) is 17.6 Å². The molecule has 0 bridgehead atoms. The third-order valence-corrected chi connectivity index (χ3v) is 4.46. The minimum atomic E-state index is -0.297. The molecule has 133 valence electrons. The number of benzene rings is 2. The molecular weight excluding hydrogens is 324 g/mol. The Morgan fingerprint density at radius 1 is 1.08 bits per heavy atom. The number of carbonyl (C=O) groups excluding carboxylic acids is 1. The number of aromatic nitrogens is 1. The van der Waals surface area contributed by atoms with Gasteiger partial charge in [-0.25, -0.2) is 0 Å². The number of nitrogens with zero attached hydrogens (tertiary/aromatic N) is 1. The van der Waals surface area contributed by atoms with Crippen LogP contribution in [0, 0.1) is 5.92 Å². The molecule has 2 aromatic carbocycles. The smallest absolute Gasteiger partial charge is 0.227 e. The second-order valence-corrected chi connectivity index (χ2v) is 6.49. The number of hydrogen-bond acceptors (Lipinski definition) is 3. The molecule has 4 nitrogen and oxygen atoms in total. The lowest BCUT2D eigenvalue weighted by atomic mass is 9.97. The van der Waals surface area contributed by atoms with Crippen molar-refractivity contribution in [3.63, 3.8) is 0 Å². The summed E-state index contributed by atoms with van der Waals surface area (Å²) in [6.07, 6.45) is 2.93. The van der Waals surface area contributed by atoms with Gasteiger partial charge in [-0.05, 0) is 43.0 Å². The van der Waals surface area contributed by atoms with Crippen LogP contribution in [0.1, 0.15) is 18.1 Å². The molecule has 4 heteroatoms. The van der Waals surface area contributed by atoms with Gasteiger partial charge in [-0.2, -0.15) is 0 Å². The van der Waals surface area contributed by atoms with E-state index in [1.54, 1.807) is 6.20 Å². The van der Waals surface area contributed by atoms with E-state index in [4.69, 9.17) is 0 Å². The SMILES string of the molecule is C[C](Cc1ccnc2ccccc12)C(=O)NC(CO)Cc1ccccc1. The molecule has 2 N–H and O–H groups in total. The number of hydrogen-bond donors (Lipinski definition) is 2. The van der Waals surface area contributed by atoms with E-state index in [9.17, 15) is 9.90 Å². The third-order valence-electron chi connectivity index (χ3n) is 4.46. The van der Waals surface area contributed by atoms with E-state index in [1.165, 1.54) is 0 Å². The van der Waals surface area contributed by atoms with Crippen molar-refractivity contribution in [2.24, 2.45) is 0 Å². The van der Waals surface area contributed by atoms with E-state index >= 15 is 0 Å². The first-order valence-corrected chi connectivity index (χ1v) is 8.78. The molecule has 0 spiro atoms. The Balaban J connectivity index is 1.65. The number of aliphatic hydroxyl groups is 1.